The van der Waals surface area contributed by atoms with Crippen molar-refractivity contribution in [2.45, 2.75) is 57.9 Å². The number of rotatable bonds is 6. The summed E-state index contributed by atoms with van der Waals surface area (Å²) in [6, 6.07) is 4.52. The summed E-state index contributed by atoms with van der Waals surface area (Å²) in [5.74, 6) is 0.684. The van der Waals surface area contributed by atoms with Gasteiger partial charge in [0.2, 0.25) is 5.88 Å². The van der Waals surface area contributed by atoms with E-state index < -0.39 is 0 Å². The van der Waals surface area contributed by atoms with Crippen LogP contribution in [0.5, 0.6) is 5.88 Å². The minimum absolute atomic E-state index is 0.447. The fourth-order valence-corrected chi connectivity index (χ4v) is 3.00. The van der Waals surface area contributed by atoms with E-state index >= 15 is 0 Å². The second kappa shape index (κ2) is 8.83. The van der Waals surface area contributed by atoms with Crippen LogP contribution in [0.15, 0.2) is 30.0 Å². The van der Waals surface area contributed by atoms with Crippen molar-refractivity contribution in [2.75, 3.05) is 13.7 Å². The van der Waals surface area contributed by atoms with Crippen LogP contribution in [0.25, 0.3) is 0 Å². The van der Waals surface area contributed by atoms with Crippen molar-refractivity contribution in [3.63, 3.8) is 0 Å². The van der Waals surface area contributed by atoms with E-state index in [1.165, 1.54) is 44.1 Å². The second-order valence-electron chi connectivity index (χ2n) is 5.76. The Labute approximate surface area is 128 Å². The number of aromatic nitrogens is 1. The molecular weight excluding hydrogens is 260 g/mol. The maximum Gasteiger partial charge on any atom is 0.212 e. The van der Waals surface area contributed by atoms with Gasteiger partial charge in [-0.25, -0.2) is 4.98 Å². The Balaban J connectivity index is 2.05. The molecule has 0 spiro atoms. The molecule has 1 unspecified atom stereocenters. The molecule has 1 aromatic heterocycles. The van der Waals surface area contributed by atoms with E-state index in [-0.39, 0.29) is 0 Å². The average Bonchev–Trinajstić information content (AvgIpc) is 2.47. The lowest BCUT2D eigenvalue weighted by atomic mass is 9.91. The minimum atomic E-state index is 0.447. The van der Waals surface area contributed by atoms with Crippen LogP contribution in [0, 0.1) is 0 Å². The summed E-state index contributed by atoms with van der Waals surface area (Å²) in [7, 11) is 1.66. The normalized spacial score (nSPS) is 20.0. The average molecular weight is 288 g/mol. The van der Waals surface area contributed by atoms with E-state index in [4.69, 9.17) is 4.74 Å². The maximum atomic E-state index is 5.13. The molecule has 1 aromatic rings. The molecule has 1 N–H and O–H groups in total. The zero-order chi connectivity index (χ0) is 14.9. The van der Waals surface area contributed by atoms with E-state index in [2.05, 4.69) is 29.4 Å². The van der Waals surface area contributed by atoms with Gasteiger partial charge in [-0.1, -0.05) is 37.5 Å². The molecule has 3 heteroatoms. The van der Waals surface area contributed by atoms with Crippen molar-refractivity contribution < 1.29 is 4.74 Å². The van der Waals surface area contributed by atoms with Crippen molar-refractivity contribution in [1.82, 2.24) is 10.3 Å². The number of nitrogens with one attached hydrogen (secondary N) is 1. The lowest BCUT2D eigenvalue weighted by molar-refractivity contribution is 0.397. The molecule has 2 rings (SSSR count). The summed E-state index contributed by atoms with van der Waals surface area (Å²) in [6.07, 6.45) is 13.3. The van der Waals surface area contributed by atoms with Crippen LogP contribution in [0.2, 0.25) is 0 Å². The third-order valence-corrected chi connectivity index (χ3v) is 4.17. The van der Waals surface area contributed by atoms with Gasteiger partial charge in [-0.3, -0.25) is 0 Å². The van der Waals surface area contributed by atoms with Gasteiger partial charge in [-0.05, 0) is 44.2 Å². The summed E-state index contributed by atoms with van der Waals surface area (Å²) in [5, 5.41) is 3.65. The van der Waals surface area contributed by atoms with Crippen molar-refractivity contribution in [3.8, 4) is 5.88 Å². The predicted molar refractivity (Wildman–Crippen MR) is 87.7 cm³/mol. The van der Waals surface area contributed by atoms with Crippen LogP contribution in [-0.2, 0) is 6.42 Å². The molecular formula is C18H28N2O. The van der Waals surface area contributed by atoms with Gasteiger partial charge in [0.05, 0.1) is 7.11 Å². The first-order chi connectivity index (χ1) is 10.3. The fraction of sp³-hybridized carbons (Fsp3) is 0.611. The lowest BCUT2D eigenvalue weighted by Crippen LogP contribution is -2.33. The summed E-state index contributed by atoms with van der Waals surface area (Å²) >= 11 is 0. The monoisotopic (exact) mass is 288 g/mol. The van der Waals surface area contributed by atoms with Crippen LogP contribution in [-0.4, -0.2) is 24.7 Å². The summed E-state index contributed by atoms with van der Waals surface area (Å²) in [6.45, 7) is 3.19. The topological polar surface area (TPSA) is 34.1 Å². The predicted octanol–water partition coefficient (Wildman–Crippen LogP) is 3.89. The van der Waals surface area contributed by atoms with Crippen LogP contribution in [0.4, 0.5) is 0 Å². The molecule has 21 heavy (non-hydrogen) atoms. The van der Waals surface area contributed by atoms with Gasteiger partial charge in [-0.15, -0.1) is 0 Å². The van der Waals surface area contributed by atoms with Crippen LogP contribution in [0.1, 0.15) is 51.0 Å². The molecule has 116 valence electrons. The molecule has 0 amide bonds. The molecule has 1 atom stereocenters. The quantitative estimate of drug-likeness (QED) is 0.806. The van der Waals surface area contributed by atoms with Crippen LogP contribution in [0.3, 0.4) is 0 Å². The van der Waals surface area contributed by atoms with Crippen molar-refractivity contribution in [2.24, 2.45) is 0 Å². The molecule has 1 aliphatic rings. The highest BCUT2D eigenvalue weighted by Crippen LogP contribution is 2.22. The molecule has 3 nitrogen and oxygen atoms in total. The lowest BCUT2D eigenvalue weighted by Gasteiger charge is -2.23. The van der Waals surface area contributed by atoms with Gasteiger partial charge in [0.1, 0.15) is 0 Å². The van der Waals surface area contributed by atoms with Crippen molar-refractivity contribution in [1.29, 1.82) is 0 Å². The number of likely N-dealkylation sites (N-methyl/N-ethyl adjacent to an activating group) is 1. The molecule has 0 bridgehead atoms. The SMILES string of the molecule is CCNC(Cc1ccc(OC)nc1)/C1=C/CCCCCC1. The summed E-state index contributed by atoms with van der Waals surface area (Å²) in [5.41, 5.74) is 2.86. The molecule has 0 fully saturated rings. The first-order valence-corrected chi connectivity index (χ1v) is 8.24. The molecule has 0 saturated carbocycles. The number of hydrogen-bond donors (Lipinski definition) is 1. The number of pyridine rings is 1. The molecule has 0 saturated heterocycles. The number of methoxy groups -OCH3 is 1. The Kier molecular flexibility index (Phi) is 6.74. The highest BCUT2D eigenvalue weighted by Gasteiger charge is 2.15. The number of nitrogens with zero attached hydrogens (tertiary/aromatic N) is 1. The molecule has 0 aliphatic heterocycles. The number of ether oxygens (including phenoxy) is 1. The third kappa shape index (κ3) is 5.16. The third-order valence-electron chi connectivity index (χ3n) is 4.17. The van der Waals surface area contributed by atoms with Crippen LogP contribution >= 0.6 is 0 Å². The van der Waals surface area contributed by atoms with Gasteiger partial charge in [0.25, 0.3) is 0 Å². The first kappa shape index (κ1) is 16.0. The van der Waals surface area contributed by atoms with E-state index in [0.29, 0.717) is 11.9 Å². The zero-order valence-electron chi connectivity index (χ0n) is 13.4. The Bertz CT molecular complexity index is 439. The molecule has 1 heterocycles. The van der Waals surface area contributed by atoms with Gasteiger partial charge in [0, 0.05) is 18.3 Å². The Morgan fingerprint density at radius 3 is 2.81 bits per heavy atom. The Morgan fingerprint density at radius 2 is 2.10 bits per heavy atom. The van der Waals surface area contributed by atoms with Gasteiger partial charge in [0.15, 0.2) is 0 Å². The number of allylic oxidation sites excluding steroid dienone is 1. The van der Waals surface area contributed by atoms with E-state index in [1.54, 1.807) is 12.7 Å². The van der Waals surface area contributed by atoms with E-state index in [0.717, 1.165) is 13.0 Å². The maximum absolute atomic E-state index is 5.13. The molecule has 0 radical (unpaired) electrons. The van der Waals surface area contributed by atoms with Crippen molar-refractivity contribution in [3.05, 3.63) is 35.5 Å². The minimum Gasteiger partial charge on any atom is -0.481 e. The highest BCUT2D eigenvalue weighted by molar-refractivity contribution is 5.22. The first-order valence-electron chi connectivity index (χ1n) is 8.24. The van der Waals surface area contributed by atoms with E-state index in [9.17, 15) is 0 Å². The Morgan fingerprint density at radius 1 is 1.24 bits per heavy atom. The van der Waals surface area contributed by atoms with Gasteiger partial charge >= 0.3 is 0 Å². The zero-order valence-corrected chi connectivity index (χ0v) is 13.4. The summed E-state index contributed by atoms with van der Waals surface area (Å²) in [4.78, 5) is 4.32. The summed E-state index contributed by atoms with van der Waals surface area (Å²) < 4.78 is 5.13. The smallest absolute Gasteiger partial charge is 0.212 e. The fourth-order valence-electron chi connectivity index (χ4n) is 3.00. The second-order valence-corrected chi connectivity index (χ2v) is 5.76. The number of hydrogen-bond acceptors (Lipinski definition) is 3. The van der Waals surface area contributed by atoms with E-state index in [1.807, 2.05) is 12.3 Å². The van der Waals surface area contributed by atoms with Crippen LogP contribution < -0.4 is 10.1 Å². The highest BCUT2D eigenvalue weighted by atomic mass is 16.5. The molecule has 1 aliphatic carbocycles. The molecule has 0 aromatic carbocycles. The largest absolute Gasteiger partial charge is 0.481 e. The Hall–Kier alpha value is -1.35. The standard InChI is InChI=1S/C18H28N2O/c1-3-19-17(16-9-7-5-4-6-8-10-16)13-15-11-12-18(21-2)20-14-15/h9,11-12,14,17,19H,3-8,10,13H2,1-2H3/b16-9+. The van der Waals surface area contributed by atoms with Crippen molar-refractivity contribution >= 4 is 0 Å². The van der Waals surface area contributed by atoms with Gasteiger partial charge < -0.3 is 10.1 Å². The van der Waals surface area contributed by atoms with Gasteiger partial charge in [-0.2, -0.15) is 0 Å².